The van der Waals surface area contributed by atoms with Crippen molar-refractivity contribution in [2.45, 2.75) is 19.8 Å². The lowest BCUT2D eigenvalue weighted by Crippen LogP contribution is -2.04. The summed E-state index contributed by atoms with van der Waals surface area (Å²) in [6.07, 6.45) is 4.27. The Morgan fingerprint density at radius 3 is 1.84 bits per heavy atom. The Hall–Kier alpha value is -4.99. The third-order valence-corrected chi connectivity index (χ3v) is 6.80. The van der Waals surface area contributed by atoms with E-state index in [9.17, 15) is 4.79 Å². The second-order valence-corrected chi connectivity index (χ2v) is 10.4. The van der Waals surface area contributed by atoms with Crippen LogP contribution in [-0.2, 0) is 9.53 Å². The highest BCUT2D eigenvalue weighted by Gasteiger charge is 2.05. The SMILES string of the molecule is C=CC(=O)OCCCCOc1ccc(N=Nc2ccc(N=Nc3ccc(N=Nc4ccc(C=C)cc4Cl)cc3)c(C)c2)c(Cl)c1. The minimum absolute atomic E-state index is 0.323. The molecule has 0 spiro atoms. The van der Waals surface area contributed by atoms with E-state index in [0.29, 0.717) is 69.6 Å². The zero-order valence-corrected chi connectivity index (χ0v) is 26.1. The van der Waals surface area contributed by atoms with Crippen LogP contribution in [0, 0.1) is 6.92 Å². The highest BCUT2D eigenvalue weighted by atomic mass is 35.5. The van der Waals surface area contributed by atoms with E-state index >= 15 is 0 Å². The summed E-state index contributed by atoms with van der Waals surface area (Å²) in [6.45, 7) is 9.80. The van der Waals surface area contributed by atoms with Crippen molar-refractivity contribution in [2.24, 2.45) is 30.7 Å². The van der Waals surface area contributed by atoms with Crippen molar-refractivity contribution in [3.8, 4) is 5.75 Å². The largest absolute Gasteiger partial charge is 0.494 e. The van der Waals surface area contributed by atoms with Crippen LogP contribution in [-0.4, -0.2) is 19.2 Å². The molecule has 45 heavy (non-hydrogen) atoms. The summed E-state index contributed by atoms with van der Waals surface area (Å²) in [5.74, 6) is 0.188. The molecule has 0 unspecified atom stereocenters. The number of esters is 1. The van der Waals surface area contributed by atoms with Gasteiger partial charge in [0.25, 0.3) is 0 Å². The molecule has 0 bridgehead atoms. The number of aryl methyl sites for hydroxylation is 1. The average molecular weight is 642 g/mol. The van der Waals surface area contributed by atoms with E-state index in [4.69, 9.17) is 32.7 Å². The molecule has 4 aromatic carbocycles. The molecule has 0 amide bonds. The fourth-order valence-electron chi connectivity index (χ4n) is 3.75. The van der Waals surface area contributed by atoms with E-state index in [1.165, 1.54) is 0 Å². The average Bonchev–Trinajstić information content (AvgIpc) is 3.05. The summed E-state index contributed by atoms with van der Waals surface area (Å²) < 4.78 is 10.7. The van der Waals surface area contributed by atoms with Crippen molar-refractivity contribution in [3.63, 3.8) is 0 Å². The summed E-state index contributed by atoms with van der Waals surface area (Å²) in [5.41, 5.74) is 5.56. The van der Waals surface area contributed by atoms with Gasteiger partial charge in [-0.2, -0.15) is 20.5 Å². The standard InChI is InChI=1S/C34H30Cl2N6O3/c1-4-24-8-15-32(29(35)21-24)41-38-26-11-9-25(10-12-26)37-40-31-16-13-27(20-23(31)3)39-42-33-17-14-28(22-30(33)36)44-18-6-7-19-45-34(43)5-2/h4-5,8-17,20-22H,1-2,6-7,18-19H2,3H3. The molecule has 0 fully saturated rings. The van der Waals surface area contributed by atoms with E-state index < -0.39 is 5.97 Å². The van der Waals surface area contributed by atoms with Crippen molar-refractivity contribution >= 4 is 69.4 Å². The van der Waals surface area contributed by atoms with Gasteiger partial charge in [0.15, 0.2) is 0 Å². The van der Waals surface area contributed by atoms with Crippen LogP contribution in [0.3, 0.4) is 0 Å². The fraction of sp³-hybridized carbons (Fsp3) is 0.147. The number of benzene rings is 4. The van der Waals surface area contributed by atoms with Gasteiger partial charge in [-0.15, -0.1) is 10.2 Å². The van der Waals surface area contributed by atoms with Crippen LogP contribution in [0.25, 0.3) is 6.08 Å². The number of nitrogens with zero attached hydrogens (tertiary/aromatic N) is 6. The van der Waals surface area contributed by atoms with Crippen molar-refractivity contribution in [1.82, 2.24) is 0 Å². The predicted octanol–water partition coefficient (Wildman–Crippen LogP) is 12.1. The molecule has 4 aromatic rings. The molecule has 0 aliphatic carbocycles. The molecule has 0 N–H and O–H groups in total. The molecular formula is C34H30Cl2N6O3. The van der Waals surface area contributed by atoms with E-state index in [0.717, 1.165) is 23.6 Å². The molecule has 0 aliphatic rings. The first-order valence-electron chi connectivity index (χ1n) is 13.9. The summed E-state index contributed by atoms with van der Waals surface area (Å²) in [5, 5.41) is 26.7. The number of carbonyl (C=O) groups excluding carboxylic acids is 1. The first-order valence-corrected chi connectivity index (χ1v) is 14.7. The Bertz CT molecular complexity index is 1750. The number of hydrogen-bond acceptors (Lipinski definition) is 9. The Balaban J connectivity index is 1.29. The van der Waals surface area contributed by atoms with Crippen molar-refractivity contribution in [3.05, 3.63) is 119 Å². The van der Waals surface area contributed by atoms with Gasteiger partial charge in [0, 0.05) is 12.1 Å². The first-order chi connectivity index (χ1) is 21.8. The Labute approximate surface area is 271 Å². The number of carbonyl (C=O) groups is 1. The van der Waals surface area contributed by atoms with Gasteiger partial charge in [-0.25, -0.2) is 4.79 Å². The van der Waals surface area contributed by atoms with Gasteiger partial charge in [0.2, 0.25) is 0 Å². The predicted molar refractivity (Wildman–Crippen MR) is 179 cm³/mol. The lowest BCUT2D eigenvalue weighted by Gasteiger charge is -2.07. The summed E-state index contributed by atoms with van der Waals surface area (Å²) in [7, 11) is 0. The molecular weight excluding hydrogens is 611 g/mol. The van der Waals surface area contributed by atoms with Gasteiger partial charge in [-0.3, -0.25) is 0 Å². The molecule has 9 nitrogen and oxygen atoms in total. The van der Waals surface area contributed by atoms with E-state index in [2.05, 4.69) is 43.8 Å². The van der Waals surface area contributed by atoms with E-state index in [1.807, 2.05) is 37.3 Å². The van der Waals surface area contributed by atoms with Crippen LogP contribution in [0.5, 0.6) is 5.75 Å². The molecule has 0 aromatic heterocycles. The van der Waals surface area contributed by atoms with Crippen LogP contribution in [0.1, 0.15) is 24.0 Å². The quantitative estimate of drug-likeness (QED) is 0.0591. The third-order valence-electron chi connectivity index (χ3n) is 6.19. The zero-order chi connectivity index (χ0) is 32.0. The third kappa shape index (κ3) is 10.3. The van der Waals surface area contributed by atoms with Crippen molar-refractivity contribution in [2.75, 3.05) is 13.2 Å². The minimum atomic E-state index is -0.429. The summed E-state index contributed by atoms with van der Waals surface area (Å²) in [6, 6.07) is 23.4. The van der Waals surface area contributed by atoms with Crippen LogP contribution < -0.4 is 4.74 Å². The molecule has 11 heteroatoms. The monoisotopic (exact) mass is 640 g/mol. The Morgan fingerprint density at radius 1 is 0.689 bits per heavy atom. The Morgan fingerprint density at radius 2 is 1.24 bits per heavy atom. The van der Waals surface area contributed by atoms with Crippen LogP contribution >= 0.6 is 23.2 Å². The van der Waals surface area contributed by atoms with Gasteiger partial charge >= 0.3 is 5.97 Å². The normalized spacial score (nSPS) is 11.4. The summed E-state index contributed by atoms with van der Waals surface area (Å²) >= 11 is 12.6. The number of rotatable bonds is 14. The number of azo groups is 3. The number of halogens is 2. The molecule has 0 saturated heterocycles. The molecule has 0 aliphatic heterocycles. The van der Waals surface area contributed by atoms with Crippen LogP contribution in [0.15, 0.2) is 129 Å². The number of hydrogen-bond donors (Lipinski definition) is 0. The van der Waals surface area contributed by atoms with E-state index in [1.54, 1.807) is 54.6 Å². The maximum atomic E-state index is 11.0. The van der Waals surface area contributed by atoms with Crippen molar-refractivity contribution in [1.29, 1.82) is 0 Å². The molecule has 0 saturated carbocycles. The first kappa shape index (κ1) is 32.9. The lowest BCUT2D eigenvalue weighted by atomic mass is 10.2. The smallest absolute Gasteiger partial charge is 0.330 e. The number of unbranched alkanes of at least 4 members (excludes halogenated alkanes) is 1. The van der Waals surface area contributed by atoms with Gasteiger partial charge in [-0.05, 0) is 97.6 Å². The van der Waals surface area contributed by atoms with Crippen molar-refractivity contribution < 1.29 is 14.3 Å². The maximum Gasteiger partial charge on any atom is 0.330 e. The molecule has 0 atom stereocenters. The Kier molecular flexibility index (Phi) is 12.2. The second-order valence-electron chi connectivity index (χ2n) is 9.54. The van der Waals surface area contributed by atoms with Gasteiger partial charge in [-0.1, -0.05) is 48.5 Å². The lowest BCUT2D eigenvalue weighted by molar-refractivity contribution is -0.137. The zero-order valence-electron chi connectivity index (χ0n) is 24.6. The molecule has 228 valence electrons. The fourth-order valence-corrected chi connectivity index (χ4v) is 4.19. The van der Waals surface area contributed by atoms with Crippen LogP contribution in [0.2, 0.25) is 10.0 Å². The summed E-state index contributed by atoms with van der Waals surface area (Å²) in [4.78, 5) is 11.0. The second kappa shape index (κ2) is 16.7. The molecule has 4 rings (SSSR count). The minimum Gasteiger partial charge on any atom is -0.494 e. The van der Waals surface area contributed by atoms with Gasteiger partial charge < -0.3 is 9.47 Å². The van der Waals surface area contributed by atoms with Crippen LogP contribution in [0.4, 0.5) is 34.1 Å². The highest BCUT2D eigenvalue weighted by Crippen LogP contribution is 2.33. The molecule has 0 radical (unpaired) electrons. The molecule has 0 heterocycles. The maximum absolute atomic E-state index is 11.0. The topological polar surface area (TPSA) is 110 Å². The van der Waals surface area contributed by atoms with E-state index in [-0.39, 0.29) is 0 Å². The number of ether oxygens (including phenoxy) is 2. The van der Waals surface area contributed by atoms with Gasteiger partial charge in [0.05, 0.1) is 46.0 Å². The van der Waals surface area contributed by atoms with Gasteiger partial charge in [0.1, 0.15) is 17.1 Å². The highest BCUT2D eigenvalue weighted by molar-refractivity contribution is 6.33.